The first kappa shape index (κ1) is 42.1. The van der Waals surface area contributed by atoms with Crippen LogP contribution in [0.2, 0.25) is 0 Å². The molecule has 4 aromatic rings. The van der Waals surface area contributed by atoms with Crippen LogP contribution in [0.4, 0.5) is 11.9 Å². The van der Waals surface area contributed by atoms with Crippen LogP contribution in [0.3, 0.4) is 0 Å². The highest BCUT2D eigenvalue weighted by atomic mass is 16.5. The summed E-state index contributed by atoms with van der Waals surface area (Å²) in [5, 5.41) is 5.92. The van der Waals surface area contributed by atoms with E-state index in [2.05, 4.69) is 15.6 Å². The first-order chi connectivity index (χ1) is 29.3. The molecule has 3 aliphatic rings. The Hall–Kier alpha value is -7.05. The van der Waals surface area contributed by atoms with Crippen molar-refractivity contribution in [2.75, 3.05) is 44.5 Å². The maximum atomic E-state index is 13.3. The van der Waals surface area contributed by atoms with Gasteiger partial charge < -0.3 is 35.0 Å². The minimum absolute atomic E-state index is 0.0245. The molecule has 2 saturated carbocycles. The summed E-state index contributed by atoms with van der Waals surface area (Å²) in [6, 6.07) is 6.11. The van der Waals surface area contributed by atoms with E-state index in [-0.39, 0.29) is 91.0 Å². The zero-order chi connectivity index (χ0) is 43.4. The predicted molar refractivity (Wildman–Crippen MR) is 222 cm³/mol. The molecule has 0 spiro atoms. The standard InChI is InChI=1S/C42H48N10O9/c1-49(32(53)14-18-50-33(54)12-13-34(50)55)15-7-19-61-31-23-27(38(44)57)21-29-36(31)52(42(46-29)48-40(59)25-10-6-11-25)17-4-3-16-51-35-28(20-26(37(43)56)22-30(35)60-2)45-41(51)47-39(58)24-8-5-9-24/h3-4,12-13,20-25H,5-11,14-19H2,1-2H3,(H2,43,56)(H2,44,57)(H,45,47,58)(H,46,48,59)/b4-3+. The number of fused-ring (bicyclic) bond motifs is 2. The van der Waals surface area contributed by atoms with Crippen LogP contribution in [-0.4, -0.2) is 104 Å². The molecule has 3 heterocycles. The van der Waals surface area contributed by atoms with Gasteiger partial charge in [-0.25, -0.2) is 9.97 Å². The van der Waals surface area contributed by atoms with Gasteiger partial charge in [0.15, 0.2) is 0 Å². The average molecular weight is 837 g/mol. The van der Waals surface area contributed by atoms with E-state index in [1.807, 2.05) is 12.2 Å². The van der Waals surface area contributed by atoms with Crippen molar-refractivity contribution in [2.45, 2.75) is 64.5 Å². The number of ether oxygens (including phenoxy) is 2. The largest absolute Gasteiger partial charge is 0.494 e. The van der Waals surface area contributed by atoms with Crippen molar-refractivity contribution >= 4 is 75.3 Å². The third kappa shape index (κ3) is 9.09. The molecule has 19 heteroatoms. The number of primary amides is 2. The van der Waals surface area contributed by atoms with E-state index in [0.29, 0.717) is 40.8 Å². The SMILES string of the molecule is COc1cc(C(N)=O)cc2nc(NC(=O)C3CCC3)n(C/C=C/Cn3c(NC(=O)C4CCC4)nc4cc(C(N)=O)cc(OCCCN(C)C(=O)CCN5C(=O)C=CC5=O)c43)c12. The Labute approximate surface area is 350 Å². The smallest absolute Gasteiger partial charge is 0.253 e. The highest BCUT2D eigenvalue weighted by Crippen LogP contribution is 2.35. The summed E-state index contributed by atoms with van der Waals surface area (Å²) in [6.07, 6.45) is 11.4. The molecule has 2 aliphatic carbocycles. The molecule has 1 aliphatic heterocycles. The Balaban J connectivity index is 1.13. The van der Waals surface area contributed by atoms with Gasteiger partial charge in [0.25, 0.3) is 11.8 Å². The maximum absolute atomic E-state index is 13.3. The highest BCUT2D eigenvalue weighted by molar-refractivity contribution is 6.13. The number of aromatic nitrogens is 4. The molecule has 2 fully saturated rings. The number of imide groups is 1. The van der Waals surface area contributed by atoms with E-state index in [1.165, 1.54) is 42.4 Å². The lowest BCUT2D eigenvalue weighted by Gasteiger charge is -2.24. The molecular formula is C42H48N10O9. The van der Waals surface area contributed by atoms with Crippen LogP contribution >= 0.6 is 0 Å². The van der Waals surface area contributed by atoms with Gasteiger partial charge in [-0.3, -0.25) is 49.1 Å². The summed E-state index contributed by atoms with van der Waals surface area (Å²) in [5.41, 5.74) is 13.4. The monoisotopic (exact) mass is 836 g/mol. The van der Waals surface area contributed by atoms with E-state index in [0.717, 1.165) is 43.4 Å². The van der Waals surface area contributed by atoms with Gasteiger partial charge >= 0.3 is 0 Å². The van der Waals surface area contributed by atoms with E-state index >= 15 is 0 Å². The quantitative estimate of drug-likeness (QED) is 0.0607. The zero-order valence-electron chi connectivity index (χ0n) is 34.0. The molecule has 7 rings (SSSR count). The zero-order valence-corrected chi connectivity index (χ0v) is 34.0. The lowest BCUT2D eigenvalue weighted by Crippen LogP contribution is -2.36. The van der Waals surface area contributed by atoms with Crippen molar-refractivity contribution in [3.8, 4) is 11.5 Å². The van der Waals surface area contributed by atoms with Gasteiger partial charge in [0.1, 0.15) is 22.5 Å². The van der Waals surface area contributed by atoms with Gasteiger partial charge in [0.05, 0.1) is 24.8 Å². The number of imidazole rings is 2. The number of methoxy groups -OCH3 is 1. The van der Waals surface area contributed by atoms with E-state index in [1.54, 1.807) is 22.2 Å². The van der Waals surface area contributed by atoms with Gasteiger partial charge in [-0.15, -0.1) is 0 Å². The highest BCUT2D eigenvalue weighted by Gasteiger charge is 2.29. The second kappa shape index (κ2) is 18.1. The Kier molecular flexibility index (Phi) is 12.5. The second-order valence-electron chi connectivity index (χ2n) is 15.3. The number of anilines is 2. The van der Waals surface area contributed by atoms with Gasteiger partial charge in [-0.05, 0) is 56.4 Å². The van der Waals surface area contributed by atoms with E-state index in [4.69, 9.17) is 25.9 Å². The average Bonchev–Trinajstić information content (AvgIpc) is 3.82. The Bertz CT molecular complexity index is 2480. The van der Waals surface area contributed by atoms with Gasteiger partial charge in [-0.2, -0.15) is 0 Å². The van der Waals surface area contributed by atoms with Crippen LogP contribution in [0.15, 0.2) is 48.6 Å². The molecule has 2 aromatic carbocycles. The number of hydrogen-bond acceptors (Lipinski definition) is 11. The summed E-state index contributed by atoms with van der Waals surface area (Å²) in [4.78, 5) is 99.3. The van der Waals surface area contributed by atoms with Crippen LogP contribution < -0.4 is 31.6 Å². The number of rotatable bonds is 19. The lowest BCUT2D eigenvalue weighted by atomic mass is 9.85. The Morgan fingerprint density at radius 3 is 1.74 bits per heavy atom. The molecule has 7 amide bonds. The van der Waals surface area contributed by atoms with Crippen molar-refractivity contribution in [2.24, 2.45) is 23.3 Å². The minimum atomic E-state index is -0.706. The minimum Gasteiger partial charge on any atom is -0.494 e. The maximum Gasteiger partial charge on any atom is 0.253 e. The molecule has 0 saturated heterocycles. The van der Waals surface area contributed by atoms with Crippen molar-refractivity contribution in [1.29, 1.82) is 0 Å². The second-order valence-corrected chi connectivity index (χ2v) is 15.3. The van der Waals surface area contributed by atoms with Crippen molar-refractivity contribution in [3.05, 3.63) is 59.7 Å². The number of benzene rings is 2. The normalized spacial score (nSPS) is 15.3. The summed E-state index contributed by atoms with van der Waals surface area (Å²) in [7, 11) is 3.08. The van der Waals surface area contributed by atoms with Crippen LogP contribution in [0.5, 0.6) is 11.5 Å². The number of hydrogen-bond donors (Lipinski definition) is 4. The molecule has 0 atom stereocenters. The Morgan fingerprint density at radius 1 is 0.787 bits per heavy atom. The molecule has 6 N–H and O–H groups in total. The van der Waals surface area contributed by atoms with E-state index < -0.39 is 23.6 Å². The fourth-order valence-corrected chi connectivity index (χ4v) is 7.34. The first-order valence-electron chi connectivity index (χ1n) is 20.2. The number of carbonyl (C=O) groups is 7. The van der Waals surface area contributed by atoms with Crippen molar-refractivity contribution in [1.82, 2.24) is 28.9 Å². The predicted octanol–water partition coefficient (Wildman–Crippen LogP) is 2.87. The number of allylic oxidation sites excluding steroid dienone is 2. The summed E-state index contributed by atoms with van der Waals surface area (Å²) in [5.74, 6) is -1.99. The summed E-state index contributed by atoms with van der Waals surface area (Å²) in [6.45, 7) is 0.779. The molecule has 0 radical (unpaired) electrons. The number of nitrogens with zero attached hydrogens (tertiary/aromatic N) is 6. The number of carbonyl (C=O) groups excluding carboxylic acids is 7. The topological polar surface area (TPSA) is 256 Å². The molecule has 61 heavy (non-hydrogen) atoms. The van der Waals surface area contributed by atoms with Crippen molar-refractivity contribution < 1.29 is 43.0 Å². The molecular weight excluding hydrogens is 789 g/mol. The summed E-state index contributed by atoms with van der Waals surface area (Å²) >= 11 is 0. The Morgan fingerprint density at radius 2 is 1.28 bits per heavy atom. The number of amides is 7. The van der Waals surface area contributed by atoms with E-state index in [9.17, 15) is 33.6 Å². The summed E-state index contributed by atoms with van der Waals surface area (Å²) < 4.78 is 15.4. The lowest BCUT2D eigenvalue weighted by molar-refractivity contribution is -0.138. The third-order valence-corrected chi connectivity index (χ3v) is 11.3. The molecule has 0 bridgehead atoms. The van der Waals surface area contributed by atoms with Crippen LogP contribution in [0, 0.1) is 11.8 Å². The number of nitrogens with two attached hydrogens (primary N) is 2. The fraction of sp³-hybridized carbons (Fsp3) is 0.405. The fourth-order valence-electron chi connectivity index (χ4n) is 7.34. The van der Waals surface area contributed by atoms with Gasteiger partial charge in [0, 0.05) is 74.8 Å². The van der Waals surface area contributed by atoms with Gasteiger partial charge in [-0.1, -0.05) is 25.0 Å². The number of nitrogens with one attached hydrogen (secondary N) is 2. The van der Waals surface area contributed by atoms with Crippen molar-refractivity contribution in [3.63, 3.8) is 0 Å². The first-order valence-corrected chi connectivity index (χ1v) is 20.2. The third-order valence-electron chi connectivity index (χ3n) is 11.3. The molecule has 2 aromatic heterocycles. The molecule has 19 nitrogen and oxygen atoms in total. The molecule has 320 valence electrons. The van der Waals surface area contributed by atoms with Crippen LogP contribution in [0.25, 0.3) is 22.1 Å². The molecule has 0 unspecified atom stereocenters. The van der Waals surface area contributed by atoms with Gasteiger partial charge in [0.2, 0.25) is 41.4 Å². The van der Waals surface area contributed by atoms with Crippen LogP contribution in [0.1, 0.15) is 72.1 Å². The van der Waals surface area contributed by atoms with Crippen LogP contribution in [-0.2, 0) is 37.1 Å².